The van der Waals surface area contributed by atoms with Crippen molar-refractivity contribution in [3.63, 3.8) is 0 Å². The number of nitrogens with zero attached hydrogens (tertiary/aromatic N) is 3. The molecule has 98 valence electrons. The van der Waals surface area contributed by atoms with Gasteiger partial charge in [-0.2, -0.15) is 5.10 Å². The number of rotatable bonds is 2. The highest BCUT2D eigenvalue weighted by Gasteiger charge is 2.22. The molecule has 0 spiro atoms. The van der Waals surface area contributed by atoms with E-state index >= 15 is 0 Å². The number of hydrogen-bond donors (Lipinski definition) is 2. The molecule has 1 aromatic carbocycles. The minimum absolute atomic E-state index is 0.0361. The number of nitrogens with two attached hydrogens (primary N) is 1. The van der Waals surface area contributed by atoms with Crippen molar-refractivity contribution in [3.8, 4) is 11.1 Å². The van der Waals surface area contributed by atoms with Gasteiger partial charge in [-0.3, -0.25) is 19.9 Å². The summed E-state index contributed by atoms with van der Waals surface area (Å²) in [4.78, 5) is 11.4. The van der Waals surface area contributed by atoms with Gasteiger partial charge in [-0.15, -0.1) is 0 Å². The van der Waals surface area contributed by atoms with Gasteiger partial charge in [0.2, 0.25) is 5.91 Å². The largest absolute Gasteiger partial charge is 0.383 e. The van der Waals surface area contributed by atoms with E-state index in [4.69, 9.17) is 5.73 Å². The average molecular weight is 257 g/mol. The van der Waals surface area contributed by atoms with E-state index in [9.17, 15) is 4.79 Å². The van der Waals surface area contributed by atoms with E-state index in [-0.39, 0.29) is 5.91 Å². The van der Waals surface area contributed by atoms with Crippen molar-refractivity contribution in [3.05, 3.63) is 30.5 Å². The number of para-hydroxylation sites is 1. The topological polar surface area (TPSA) is 76.2 Å². The monoisotopic (exact) mass is 257 g/mol. The zero-order valence-corrected chi connectivity index (χ0v) is 10.6. The Morgan fingerprint density at radius 2 is 2.11 bits per heavy atom. The fourth-order valence-corrected chi connectivity index (χ4v) is 2.25. The summed E-state index contributed by atoms with van der Waals surface area (Å²) in [6, 6.07) is 7.83. The standard InChI is InChI=1S/C13H15N5O/c1-17-13(14)10(8-15-17)9-4-2-3-5-11(9)18-7-6-12(19)16-18/h2-5,8H,6-7,14H2,1H3,(H,16,19). The van der Waals surface area contributed by atoms with E-state index in [1.54, 1.807) is 17.9 Å². The summed E-state index contributed by atoms with van der Waals surface area (Å²) in [5.41, 5.74) is 11.6. The predicted molar refractivity (Wildman–Crippen MR) is 73.2 cm³/mol. The molecule has 0 radical (unpaired) electrons. The van der Waals surface area contributed by atoms with Crippen LogP contribution in [-0.2, 0) is 11.8 Å². The van der Waals surface area contributed by atoms with E-state index in [0.29, 0.717) is 18.8 Å². The van der Waals surface area contributed by atoms with Crippen LogP contribution in [0.3, 0.4) is 0 Å². The molecule has 0 atom stereocenters. The number of nitrogens with one attached hydrogen (secondary N) is 1. The Balaban J connectivity index is 2.07. The van der Waals surface area contributed by atoms with Crippen LogP contribution in [0.15, 0.2) is 30.5 Å². The Morgan fingerprint density at radius 1 is 1.32 bits per heavy atom. The van der Waals surface area contributed by atoms with Gasteiger partial charge in [0.05, 0.1) is 11.9 Å². The maximum Gasteiger partial charge on any atom is 0.240 e. The molecule has 0 bridgehead atoms. The number of carbonyl (C=O) groups excluding carboxylic acids is 1. The van der Waals surface area contributed by atoms with Crippen molar-refractivity contribution in [1.82, 2.24) is 15.2 Å². The van der Waals surface area contributed by atoms with Crippen LogP contribution < -0.4 is 16.2 Å². The molecule has 6 heteroatoms. The van der Waals surface area contributed by atoms with Crippen molar-refractivity contribution < 1.29 is 4.79 Å². The third-order valence-electron chi connectivity index (χ3n) is 3.29. The SMILES string of the molecule is Cn1ncc(-c2ccccc2N2CCC(=O)N2)c1N. The first-order valence-electron chi connectivity index (χ1n) is 6.10. The maximum atomic E-state index is 11.4. The third-order valence-corrected chi connectivity index (χ3v) is 3.29. The van der Waals surface area contributed by atoms with Crippen LogP contribution >= 0.6 is 0 Å². The van der Waals surface area contributed by atoms with E-state index in [2.05, 4.69) is 10.5 Å². The summed E-state index contributed by atoms with van der Waals surface area (Å²) in [6.45, 7) is 0.663. The average Bonchev–Trinajstić information content (AvgIpc) is 2.98. The number of hydrazine groups is 1. The highest BCUT2D eigenvalue weighted by Crippen LogP contribution is 2.34. The molecule has 1 aliphatic rings. The number of hydrogen-bond acceptors (Lipinski definition) is 4. The summed E-state index contributed by atoms with van der Waals surface area (Å²) < 4.78 is 1.63. The van der Waals surface area contributed by atoms with Crippen molar-refractivity contribution in [2.24, 2.45) is 7.05 Å². The second kappa shape index (κ2) is 4.31. The molecule has 19 heavy (non-hydrogen) atoms. The second-order valence-electron chi connectivity index (χ2n) is 4.52. The highest BCUT2D eigenvalue weighted by molar-refractivity contribution is 5.88. The van der Waals surface area contributed by atoms with Gasteiger partial charge in [-0.05, 0) is 6.07 Å². The molecular weight excluding hydrogens is 242 g/mol. The van der Waals surface area contributed by atoms with Gasteiger partial charge in [0.25, 0.3) is 0 Å². The van der Waals surface area contributed by atoms with Crippen LogP contribution in [0.5, 0.6) is 0 Å². The Bertz CT molecular complexity index is 634. The number of aromatic nitrogens is 2. The Kier molecular flexibility index (Phi) is 2.63. The van der Waals surface area contributed by atoms with Crippen LogP contribution in [0.25, 0.3) is 11.1 Å². The van der Waals surface area contributed by atoms with Gasteiger partial charge >= 0.3 is 0 Å². The molecule has 2 heterocycles. The number of benzene rings is 1. The number of aryl methyl sites for hydroxylation is 1. The second-order valence-corrected chi connectivity index (χ2v) is 4.52. The lowest BCUT2D eigenvalue weighted by Crippen LogP contribution is -2.33. The molecule has 1 aliphatic heterocycles. The number of nitrogen functional groups attached to an aromatic ring is 1. The first kappa shape index (κ1) is 11.6. The van der Waals surface area contributed by atoms with Gasteiger partial charge in [0, 0.05) is 31.1 Å². The minimum Gasteiger partial charge on any atom is -0.383 e. The smallest absolute Gasteiger partial charge is 0.240 e. The van der Waals surface area contributed by atoms with E-state index in [0.717, 1.165) is 16.8 Å². The zero-order chi connectivity index (χ0) is 13.4. The number of carbonyl (C=O) groups is 1. The van der Waals surface area contributed by atoms with Crippen LogP contribution in [-0.4, -0.2) is 22.2 Å². The van der Waals surface area contributed by atoms with Crippen molar-refractivity contribution in [2.45, 2.75) is 6.42 Å². The first-order chi connectivity index (χ1) is 9.16. The van der Waals surface area contributed by atoms with Gasteiger partial charge in [-0.25, -0.2) is 0 Å². The lowest BCUT2D eigenvalue weighted by atomic mass is 10.1. The molecule has 0 aliphatic carbocycles. The summed E-state index contributed by atoms with van der Waals surface area (Å²) >= 11 is 0. The molecule has 0 saturated carbocycles. The van der Waals surface area contributed by atoms with E-state index in [1.807, 2.05) is 29.3 Å². The predicted octanol–water partition coefficient (Wildman–Crippen LogP) is 0.911. The van der Waals surface area contributed by atoms with E-state index in [1.165, 1.54) is 0 Å². The Hall–Kier alpha value is -2.50. The van der Waals surface area contributed by atoms with Crippen LogP contribution in [0.4, 0.5) is 11.5 Å². The quantitative estimate of drug-likeness (QED) is 0.838. The molecule has 2 aromatic rings. The molecule has 1 saturated heterocycles. The number of anilines is 2. The molecule has 1 amide bonds. The fraction of sp³-hybridized carbons (Fsp3) is 0.231. The van der Waals surface area contributed by atoms with Crippen LogP contribution in [0, 0.1) is 0 Å². The normalized spacial score (nSPS) is 14.8. The maximum absolute atomic E-state index is 11.4. The molecule has 3 N–H and O–H groups in total. The Labute approximate surface area is 110 Å². The van der Waals surface area contributed by atoms with Gasteiger partial charge < -0.3 is 5.73 Å². The van der Waals surface area contributed by atoms with Gasteiger partial charge in [-0.1, -0.05) is 18.2 Å². The molecule has 1 fully saturated rings. The Morgan fingerprint density at radius 3 is 2.74 bits per heavy atom. The highest BCUT2D eigenvalue weighted by atomic mass is 16.2. The lowest BCUT2D eigenvalue weighted by molar-refractivity contribution is -0.119. The van der Waals surface area contributed by atoms with Gasteiger partial charge in [0.15, 0.2) is 0 Å². The number of amides is 1. The first-order valence-corrected chi connectivity index (χ1v) is 6.10. The summed E-state index contributed by atoms with van der Waals surface area (Å²) in [5.74, 6) is 0.645. The summed E-state index contributed by atoms with van der Waals surface area (Å²) in [6.07, 6.45) is 2.25. The summed E-state index contributed by atoms with van der Waals surface area (Å²) in [7, 11) is 1.80. The van der Waals surface area contributed by atoms with Crippen LogP contribution in [0.1, 0.15) is 6.42 Å². The van der Waals surface area contributed by atoms with Crippen molar-refractivity contribution in [2.75, 3.05) is 17.3 Å². The van der Waals surface area contributed by atoms with Crippen molar-refractivity contribution in [1.29, 1.82) is 0 Å². The summed E-state index contributed by atoms with van der Waals surface area (Å²) in [5, 5.41) is 6.01. The third kappa shape index (κ3) is 1.91. The lowest BCUT2D eigenvalue weighted by Gasteiger charge is -2.20. The minimum atomic E-state index is 0.0361. The molecule has 1 aromatic heterocycles. The molecular formula is C13H15N5O. The molecule has 0 unspecified atom stereocenters. The van der Waals surface area contributed by atoms with Crippen LogP contribution in [0.2, 0.25) is 0 Å². The van der Waals surface area contributed by atoms with Gasteiger partial charge in [0.1, 0.15) is 5.82 Å². The molecule has 6 nitrogen and oxygen atoms in total. The fourth-order valence-electron chi connectivity index (χ4n) is 2.25. The van der Waals surface area contributed by atoms with Crippen molar-refractivity contribution >= 4 is 17.4 Å². The molecule has 3 rings (SSSR count). The zero-order valence-electron chi connectivity index (χ0n) is 10.6. The van der Waals surface area contributed by atoms with E-state index < -0.39 is 0 Å².